The summed E-state index contributed by atoms with van der Waals surface area (Å²) in [5, 5.41) is 5.31. The second kappa shape index (κ2) is 12.7. The number of carbonyl (C=O) groups excluding carboxylic acids is 2. The molecule has 1 aromatic carbocycles. The van der Waals surface area contributed by atoms with E-state index in [1.54, 1.807) is 0 Å². The predicted octanol–water partition coefficient (Wildman–Crippen LogP) is 3.56. The van der Waals surface area contributed by atoms with Crippen LogP contribution in [0.3, 0.4) is 0 Å². The van der Waals surface area contributed by atoms with Crippen LogP contribution < -0.4 is 10.6 Å². The average molecular weight is 318 g/mol. The lowest BCUT2D eigenvalue weighted by Crippen LogP contribution is -2.39. The molecule has 2 N–H and O–H groups in total. The van der Waals surface area contributed by atoms with E-state index in [1.165, 1.54) is 38.5 Å². The van der Waals surface area contributed by atoms with Crippen molar-refractivity contribution in [2.45, 2.75) is 64.8 Å². The highest BCUT2D eigenvalue weighted by molar-refractivity contribution is 6.35. The highest BCUT2D eigenvalue weighted by Crippen LogP contribution is 2.07. The maximum absolute atomic E-state index is 11.7. The Morgan fingerprint density at radius 3 is 2.00 bits per heavy atom. The first kappa shape index (κ1) is 19.2. The van der Waals surface area contributed by atoms with Crippen molar-refractivity contribution in [3.05, 3.63) is 35.9 Å². The Kier molecular flexibility index (Phi) is 10.6. The maximum Gasteiger partial charge on any atom is 0.309 e. The highest BCUT2D eigenvalue weighted by Gasteiger charge is 2.11. The van der Waals surface area contributed by atoms with E-state index < -0.39 is 11.8 Å². The average Bonchev–Trinajstić information content (AvgIpc) is 2.59. The smallest absolute Gasteiger partial charge is 0.309 e. The van der Waals surface area contributed by atoms with Crippen LogP contribution in [0.1, 0.15) is 63.9 Å². The summed E-state index contributed by atoms with van der Waals surface area (Å²) in [6.07, 6.45) is 9.76. The number of rotatable bonds is 11. The van der Waals surface area contributed by atoms with Gasteiger partial charge in [0.2, 0.25) is 0 Å². The van der Waals surface area contributed by atoms with Gasteiger partial charge in [-0.1, -0.05) is 82.2 Å². The lowest BCUT2D eigenvalue weighted by atomic mass is 10.1. The predicted molar refractivity (Wildman–Crippen MR) is 93.9 cm³/mol. The first-order valence-electron chi connectivity index (χ1n) is 8.84. The van der Waals surface area contributed by atoms with Crippen LogP contribution >= 0.6 is 0 Å². The van der Waals surface area contributed by atoms with Crippen molar-refractivity contribution < 1.29 is 9.59 Å². The molecular weight excluding hydrogens is 288 g/mol. The number of carbonyl (C=O) groups is 2. The fourth-order valence-electron chi connectivity index (χ4n) is 2.40. The van der Waals surface area contributed by atoms with Crippen LogP contribution in [0.15, 0.2) is 30.3 Å². The Morgan fingerprint density at radius 2 is 1.35 bits per heavy atom. The van der Waals surface area contributed by atoms with Crippen LogP contribution in [-0.4, -0.2) is 18.4 Å². The quantitative estimate of drug-likeness (QED) is 0.484. The topological polar surface area (TPSA) is 58.2 Å². The van der Waals surface area contributed by atoms with E-state index in [1.807, 2.05) is 30.3 Å². The molecule has 0 spiro atoms. The van der Waals surface area contributed by atoms with Gasteiger partial charge < -0.3 is 10.6 Å². The van der Waals surface area contributed by atoms with Crippen molar-refractivity contribution in [2.75, 3.05) is 6.54 Å². The molecule has 0 heterocycles. The normalized spacial score (nSPS) is 10.3. The van der Waals surface area contributed by atoms with E-state index in [9.17, 15) is 9.59 Å². The molecule has 0 unspecified atom stereocenters. The summed E-state index contributed by atoms with van der Waals surface area (Å²) in [7, 11) is 0. The third-order valence-electron chi connectivity index (χ3n) is 3.82. The molecule has 1 rings (SSSR count). The van der Waals surface area contributed by atoms with Crippen molar-refractivity contribution in [3.63, 3.8) is 0 Å². The maximum atomic E-state index is 11.7. The summed E-state index contributed by atoms with van der Waals surface area (Å²) in [5.41, 5.74) is 0.983. The summed E-state index contributed by atoms with van der Waals surface area (Å²) < 4.78 is 0. The van der Waals surface area contributed by atoms with Crippen LogP contribution in [-0.2, 0) is 16.1 Å². The summed E-state index contributed by atoms with van der Waals surface area (Å²) in [4.78, 5) is 23.3. The molecule has 0 aromatic heterocycles. The first-order chi connectivity index (χ1) is 11.2. The lowest BCUT2D eigenvalue weighted by Gasteiger charge is -2.06. The van der Waals surface area contributed by atoms with Crippen LogP contribution in [0.2, 0.25) is 0 Å². The number of hydrogen-bond acceptors (Lipinski definition) is 2. The Balaban J connectivity index is 1.99. The SMILES string of the molecule is CCCCCCCCCCNC(=O)C(=O)NCc1ccccc1. The summed E-state index contributed by atoms with van der Waals surface area (Å²) in [6, 6.07) is 9.56. The molecule has 128 valence electrons. The Labute approximate surface area is 140 Å². The van der Waals surface area contributed by atoms with Crippen molar-refractivity contribution in [3.8, 4) is 0 Å². The summed E-state index contributed by atoms with van der Waals surface area (Å²) in [5.74, 6) is -1.10. The molecule has 0 saturated heterocycles. The molecule has 0 aliphatic carbocycles. The van der Waals surface area contributed by atoms with E-state index in [-0.39, 0.29) is 0 Å². The zero-order valence-corrected chi connectivity index (χ0v) is 14.3. The molecule has 1 aromatic rings. The van der Waals surface area contributed by atoms with Gasteiger partial charge in [0.25, 0.3) is 0 Å². The van der Waals surface area contributed by atoms with Crippen molar-refractivity contribution in [2.24, 2.45) is 0 Å². The summed E-state index contributed by atoms with van der Waals surface area (Å²) >= 11 is 0. The first-order valence-corrected chi connectivity index (χ1v) is 8.84. The molecule has 4 nitrogen and oxygen atoms in total. The molecule has 0 aliphatic heterocycles. The van der Waals surface area contributed by atoms with Crippen molar-refractivity contribution in [1.82, 2.24) is 10.6 Å². The molecule has 0 aliphatic rings. The molecule has 0 radical (unpaired) electrons. The number of unbranched alkanes of at least 4 members (excludes halogenated alkanes) is 7. The van der Waals surface area contributed by atoms with E-state index >= 15 is 0 Å². The van der Waals surface area contributed by atoms with Gasteiger partial charge in [0, 0.05) is 13.1 Å². The van der Waals surface area contributed by atoms with Crippen molar-refractivity contribution >= 4 is 11.8 Å². The van der Waals surface area contributed by atoms with Gasteiger partial charge in [0.1, 0.15) is 0 Å². The van der Waals surface area contributed by atoms with E-state index in [4.69, 9.17) is 0 Å². The zero-order valence-electron chi connectivity index (χ0n) is 14.3. The molecule has 0 saturated carbocycles. The Hall–Kier alpha value is -1.84. The van der Waals surface area contributed by atoms with Crippen LogP contribution in [0.4, 0.5) is 0 Å². The number of benzene rings is 1. The van der Waals surface area contributed by atoms with Crippen LogP contribution in [0, 0.1) is 0 Å². The van der Waals surface area contributed by atoms with Gasteiger partial charge in [-0.15, -0.1) is 0 Å². The third kappa shape index (κ3) is 9.72. The second-order valence-corrected chi connectivity index (χ2v) is 5.90. The van der Waals surface area contributed by atoms with E-state index in [2.05, 4.69) is 17.6 Å². The van der Waals surface area contributed by atoms with E-state index in [0.717, 1.165) is 18.4 Å². The molecular formula is C19H30N2O2. The van der Waals surface area contributed by atoms with Gasteiger partial charge in [-0.25, -0.2) is 0 Å². The number of hydrogen-bond donors (Lipinski definition) is 2. The monoisotopic (exact) mass is 318 g/mol. The highest BCUT2D eigenvalue weighted by atomic mass is 16.2. The number of amides is 2. The second-order valence-electron chi connectivity index (χ2n) is 5.90. The van der Waals surface area contributed by atoms with Crippen LogP contribution in [0.5, 0.6) is 0 Å². The largest absolute Gasteiger partial charge is 0.348 e. The van der Waals surface area contributed by atoms with Crippen molar-refractivity contribution in [1.29, 1.82) is 0 Å². The van der Waals surface area contributed by atoms with Gasteiger partial charge in [-0.05, 0) is 12.0 Å². The third-order valence-corrected chi connectivity index (χ3v) is 3.82. The van der Waals surface area contributed by atoms with Gasteiger partial charge in [-0.3, -0.25) is 9.59 Å². The van der Waals surface area contributed by atoms with Crippen LogP contribution in [0.25, 0.3) is 0 Å². The standard InChI is InChI=1S/C19H30N2O2/c1-2-3-4-5-6-7-8-12-15-20-18(22)19(23)21-16-17-13-10-9-11-14-17/h9-11,13-14H,2-8,12,15-16H2,1H3,(H,20,22)(H,21,23). The summed E-state index contributed by atoms with van der Waals surface area (Å²) in [6.45, 7) is 3.18. The molecule has 23 heavy (non-hydrogen) atoms. The van der Waals surface area contributed by atoms with Gasteiger partial charge >= 0.3 is 11.8 Å². The number of nitrogens with one attached hydrogen (secondary N) is 2. The minimum Gasteiger partial charge on any atom is -0.348 e. The van der Waals surface area contributed by atoms with Gasteiger partial charge in [0.15, 0.2) is 0 Å². The molecule has 0 bridgehead atoms. The minimum atomic E-state index is -0.562. The lowest BCUT2D eigenvalue weighted by molar-refractivity contribution is -0.139. The minimum absolute atomic E-state index is 0.380. The molecule has 2 amide bonds. The molecule has 4 heteroatoms. The molecule has 0 atom stereocenters. The Bertz CT molecular complexity index is 446. The fraction of sp³-hybridized carbons (Fsp3) is 0.579. The fourth-order valence-corrected chi connectivity index (χ4v) is 2.40. The van der Waals surface area contributed by atoms with Gasteiger partial charge in [-0.2, -0.15) is 0 Å². The Morgan fingerprint density at radius 1 is 0.783 bits per heavy atom. The zero-order chi connectivity index (χ0) is 16.8. The molecule has 0 fully saturated rings. The van der Waals surface area contributed by atoms with Gasteiger partial charge in [0.05, 0.1) is 0 Å². The van der Waals surface area contributed by atoms with E-state index in [0.29, 0.717) is 13.1 Å².